The largest absolute Gasteiger partial charge is 0.350 e. The number of carbonyl (C=O) groups excluding carboxylic acids is 2. The fraction of sp³-hybridized carbons (Fsp3) is 0.440. The smallest absolute Gasteiger partial charge is 0.242 e. The fourth-order valence-electron chi connectivity index (χ4n) is 3.20. The Morgan fingerprint density at radius 3 is 2.20 bits per heavy atom. The van der Waals surface area contributed by atoms with Gasteiger partial charge in [0.25, 0.3) is 0 Å². The first kappa shape index (κ1) is 23.9. The number of hydrogen-bond donors (Lipinski definition) is 1. The molecule has 1 atom stereocenters. The molecule has 0 aromatic heterocycles. The van der Waals surface area contributed by atoms with Crippen molar-refractivity contribution in [2.45, 2.75) is 72.0 Å². The molecule has 0 saturated carbocycles. The van der Waals surface area contributed by atoms with Gasteiger partial charge in [-0.1, -0.05) is 61.0 Å². The lowest BCUT2D eigenvalue weighted by molar-refractivity contribution is -0.141. The van der Waals surface area contributed by atoms with Crippen LogP contribution in [0.1, 0.15) is 57.7 Å². The molecule has 2 amide bonds. The second kappa shape index (κ2) is 10.6. The second-order valence-corrected chi connectivity index (χ2v) is 9.11. The zero-order valence-electron chi connectivity index (χ0n) is 18.7. The molecule has 30 heavy (non-hydrogen) atoms. The molecule has 0 aliphatic carbocycles. The third kappa shape index (κ3) is 7.17. The van der Waals surface area contributed by atoms with Crippen LogP contribution >= 0.6 is 11.6 Å². The topological polar surface area (TPSA) is 49.4 Å². The van der Waals surface area contributed by atoms with E-state index in [4.69, 9.17) is 11.6 Å². The maximum Gasteiger partial charge on any atom is 0.242 e. The third-order valence-corrected chi connectivity index (χ3v) is 5.39. The van der Waals surface area contributed by atoms with E-state index in [-0.39, 0.29) is 17.4 Å². The van der Waals surface area contributed by atoms with Gasteiger partial charge in [-0.15, -0.1) is 0 Å². The van der Waals surface area contributed by atoms with E-state index in [1.165, 1.54) is 5.56 Å². The highest BCUT2D eigenvalue weighted by atomic mass is 35.5. The Bertz CT molecular complexity index is 856. The van der Waals surface area contributed by atoms with Crippen LogP contribution < -0.4 is 5.32 Å². The van der Waals surface area contributed by atoms with Crippen LogP contribution in [0.25, 0.3) is 0 Å². The van der Waals surface area contributed by atoms with E-state index in [1.807, 2.05) is 39.0 Å². The number of amides is 2. The molecule has 0 heterocycles. The van der Waals surface area contributed by atoms with Crippen molar-refractivity contribution in [3.8, 4) is 0 Å². The van der Waals surface area contributed by atoms with Crippen LogP contribution in [-0.2, 0) is 29.0 Å². The quantitative estimate of drug-likeness (QED) is 0.630. The highest BCUT2D eigenvalue weighted by Crippen LogP contribution is 2.20. The van der Waals surface area contributed by atoms with Gasteiger partial charge in [-0.3, -0.25) is 9.59 Å². The summed E-state index contributed by atoms with van der Waals surface area (Å²) >= 11 is 6.33. The van der Waals surface area contributed by atoms with Gasteiger partial charge in [0.05, 0.1) is 0 Å². The van der Waals surface area contributed by atoms with Crippen molar-refractivity contribution in [3.05, 3.63) is 70.2 Å². The lowest BCUT2D eigenvalue weighted by Gasteiger charge is -2.31. The van der Waals surface area contributed by atoms with Gasteiger partial charge in [-0.2, -0.15) is 0 Å². The van der Waals surface area contributed by atoms with Crippen LogP contribution in [0, 0.1) is 0 Å². The molecule has 5 heteroatoms. The lowest BCUT2D eigenvalue weighted by Crippen LogP contribution is -2.52. The molecule has 0 aliphatic rings. The minimum absolute atomic E-state index is 0.0638. The third-order valence-electron chi connectivity index (χ3n) is 5.02. The van der Waals surface area contributed by atoms with Crippen LogP contribution in [0.5, 0.6) is 0 Å². The Morgan fingerprint density at radius 2 is 1.63 bits per heavy atom. The van der Waals surface area contributed by atoms with E-state index in [1.54, 1.807) is 17.9 Å². The summed E-state index contributed by atoms with van der Waals surface area (Å²) in [7, 11) is 0. The van der Waals surface area contributed by atoms with Crippen molar-refractivity contribution >= 4 is 23.4 Å². The summed E-state index contributed by atoms with van der Waals surface area (Å²) in [5, 5.41) is 3.57. The molecule has 0 spiro atoms. The van der Waals surface area contributed by atoms with E-state index in [0.717, 1.165) is 17.5 Å². The first-order valence-corrected chi connectivity index (χ1v) is 10.9. The maximum atomic E-state index is 13.2. The number of nitrogens with zero attached hydrogens (tertiary/aromatic N) is 1. The van der Waals surface area contributed by atoms with Crippen molar-refractivity contribution < 1.29 is 9.59 Å². The van der Waals surface area contributed by atoms with Crippen LogP contribution in [0.4, 0.5) is 0 Å². The Kier molecular flexibility index (Phi) is 8.48. The standard InChI is InChI=1S/C25H33ClN2O2/c1-6-19-11-13-20(14-12-19)15-16-23(29)28(17-21-9-7-8-10-22(21)26)18(2)24(30)27-25(3,4)5/h7-14,18H,6,15-17H2,1-5H3,(H,27,30)/t18-/m1/s1. The summed E-state index contributed by atoms with van der Waals surface area (Å²) in [5.74, 6) is -0.235. The average molecular weight is 429 g/mol. The van der Waals surface area contributed by atoms with E-state index in [0.29, 0.717) is 24.4 Å². The first-order chi connectivity index (χ1) is 14.1. The van der Waals surface area contributed by atoms with Crippen molar-refractivity contribution in [2.24, 2.45) is 0 Å². The summed E-state index contributed by atoms with van der Waals surface area (Å²) in [6, 6.07) is 15.2. The molecular formula is C25H33ClN2O2. The van der Waals surface area contributed by atoms with Crippen molar-refractivity contribution in [3.63, 3.8) is 0 Å². The van der Waals surface area contributed by atoms with Crippen molar-refractivity contribution in [1.82, 2.24) is 10.2 Å². The molecule has 0 radical (unpaired) electrons. The van der Waals surface area contributed by atoms with E-state index in [2.05, 4.69) is 36.5 Å². The second-order valence-electron chi connectivity index (χ2n) is 8.70. The van der Waals surface area contributed by atoms with Gasteiger partial charge in [-0.05, 0) is 63.3 Å². The van der Waals surface area contributed by atoms with Gasteiger partial charge in [-0.25, -0.2) is 0 Å². The molecule has 0 aliphatic heterocycles. The molecule has 162 valence electrons. The molecule has 1 N–H and O–H groups in total. The molecule has 4 nitrogen and oxygen atoms in total. The summed E-state index contributed by atoms with van der Waals surface area (Å²) in [6.45, 7) is 9.97. The predicted octanol–water partition coefficient (Wildman–Crippen LogP) is 5.17. The summed E-state index contributed by atoms with van der Waals surface area (Å²) < 4.78 is 0. The van der Waals surface area contributed by atoms with E-state index >= 15 is 0 Å². The zero-order chi connectivity index (χ0) is 22.3. The van der Waals surface area contributed by atoms with Gasteiger partial charge in [0.15, 0.2) is 0 Å². The Hall–Kier alpha value is -2.33. The number of nitrogens with one attached hydrogen (secondary N) is 1. The minimum atomic E-state index is -0.601. The fourth-order valence-corrected chi connectivity index (χ4v) is 3.40. The zero-order valence-corrected chi connectivity index (χ0v) is 19.4. The number of carbonyl (C=O) groups is 2. The van der Waals surface area contributed by atoms with Gasteiger partial charge in [0, 0.05) is 23.5 Å². The summed E-state index contributed by atoms with van der Waals surface area (Å²) in [4.78, 5) is 27.6. The van der Waals surface area contributed by atoms with E-state index in [9.17, 15) is 9.59 Å². The number of hydrogen-bond acceptors (Lipinski definition) is 2. The maximum absolute atomic E-state index is 13.2. The number of benzene rings is 2. The van der Waals surface area contributed by atoms with E-state index < -0.39 is 6.04 Å². The lowest BCUT2D eigenvalue weighted by atomic mass is 10.0. The highest BCUT2D eigenvalue weighted by molar-refractivity contribution is 6.31. The molecular weight excluding hydrogens is 396 g/mol. The molecule has 0 bridgehead atoms. The Morgan fingerprint density at radius 1 is 1.03 bits per heavy atom. The van der Waals surface area contributed by atoms with Crippen molar-refractivity contribution in [2.75, 3.05) is 0 Å². The molecule has 0 fully saturated rings. The monoisotopic (exact) mass is 428 g/mol. The molecule has 2 aromatic rings. The molecule has 2 rings (SSSR count). The van der Waals surface area contributed by atoms with Gasteiger partial charge in [0.2, 0.25) is 11.8 Å². The Labute approximate surface area is 185 Å². The van der Waals surface area contributed by atoms with Gasteiger partial charge < -0.3 is 10.2 Å². The Balaban J connectivity index is 2.16. The molecule has 0 saturated heterocycles. The predicted molar refractivity (Wildman–Crippen MR) is 124 cm³/mol. The summed E-state index contributed by atoms with van der Waals surface area (Å²) in [6.07, 6.45) is 1.96. The van der Waals surface area contributed by atoms with Crippen LogP contribution in [-0.4, -0.2) is 28.3 Å². The van der Waals surface area contributed by atoms with Gasteiger partial charge in [0.1, 0.15) is 6.04 Å². The van der Waals surface area contributed by atoms with Crippen LogP contribution in [0.3, 0.4) is 0 Å². The first-order valence-electron chi connectivity index (χ1n) is 10.5. The number of halogens is 1. The van der Waals surface area contributed by atoms with Crippen LogP contribution in [0.2, 0.25) is 5.02 Å². The molecule has 2 aromatic carbocycles. The highest BCUT2D eigenvalue weighted by Gasteiger charge is 2.28. The van der Waals surface area contributed by atoms with Gasteiger partial charge >= 0.3 is 0 Å². The minimum Gasteiger partial charge on any atom is -0.350 e. The SMILES string of the molecule is CCc1ccc(CCC(=O)N(Cc2ccccc2Cl)[C@H](C)C(=O)NC(C)(C)C)cc1. The number of rotatable bonds is 8. The van der Waals surface area contributed by atoms with Crippen molar-refractivity contribution in [1.29, 1.82) is 0 Å². The normalized spacial score (nSPS) is 12.3. The summed E-state index contributed by atoms with van der Waals surface area (Å²) in [5.41, 5.74) is 2.85. The molecule has 0 unspecified atom stereocenters. The number of aryl methyl sites for hydroxylation is 2. The average Bonchev–Trinajstić information content (AvgIpc) is 2.70. The van der Waals surface area contributed by atoms with Crippen LogP contribution in [0.15, 0.2) is 48.5 Å².